The molecule has 1 heterocycles. The van der Waals surface area contributed by atoms with Gasteiger partial charge in [0.1, 0.15) is 0 Å². The van der Waals surface area contributed by atoms with Gasteiger partial charge in [0.05, 0.1) is 0 Å². The summed E-state index contributed by atoms with van der Waals surface area (Å²) in [5.74, 6) is -0.0781. The molecule has 0 aromatic heterocycles. The SMILES string of the molecule is Cc1ccc(NC(=O)c2ccccc2-c2ccccc2)cc1N1CCCC1. The van der Waals surface area contributed by atoms with Crippen LogP contribution in [0.4, 0.5) is 11.4 Å². The minimum Gasteiger partial charge on any atom is -0.371 e. The van der Waals surface area contributed by atoms with Gasteiger partial charge in [-0.25, -0.2) is 0 Å². The van der Waals surface area contributed by atoms with Crippen LogP contribution in [-0.2, 0) is 0 Å². The molecule has 3 heteroatoms. The highest BCUT2D eigenvalue weighted by Gasteiger charge is 2.16. The van der Waals surface area contributed by atoms with Gasteiger partial charge in [0.2, 0.25) is 0 Å². The zero-order chi connectivity index (χ0) is 18.6. The van der Waals surface area contributed by atoms with Crippen molar-refractivity contribution in [3.63, 3.8) is 0 Å². The number of carbonyl (C=O) groups excluding carboxylic acids is 1. The molecule has 1 saturated heterocycles. The monoisotopic (exact) mass is 356 g/mol. The van der Waals surface area contributed by atoms with Crippen LogP contribution in [0.5, 0.6) is 0 Å². The summed E-state index contributed by atoms with van der Waals surface area (Å²) >= 11 is 0. The van der Waals surface area contributed by atoms with E-state index in [0.29, 0.717) is 5.56 Å². The van der Waals surface area contributed by atoms with Crippen molar-refractivity contribution >= 4 is 17.3 Å². The second kappa shape index (κ2) is 7.67. The Hall–Kier alpha value is -3.07. The van der Waals surface area contributed by atoms with Crippen molar-refractivity contribution in [1.82, 2.24) is 0 Å². The summed E-state index contributed by atoms with van der Waals surface area (Å²) in [6.07, 6.45) is 2.47. The number of benzene rings is 3. The molecule has 4 rings (SSSR count). The van der Waals surface area contributed by atoms with Gasteiger partial charge in [-0.1, -0.05) is 54.6 Å². The second-order valence-corrected chi connectivity index (χ2v) is 7.06. The number of nitrogens with zero attached hydrogens (tertiary/aromatic N) is 1. The van der Waals surface area contributed by atoms with E-state index in [-0.39, 0.29) is 5.91 Å². The quantitative estimate of drug-likeness (QED) is 0.668. The third-order valence-corrected chi connectivity index (χ3v) is 5.17. The van der Waals surface area contributed by atoms with Crippen molar-refractivity contribution in [2.75, 3.05) is 23.3 Å². The Balaban J connectivity index is 1.61. The van der Waals surface area contributed by atoms with E-state index >= 15 is 0 Å². The molecule has 136 valence electrons. The molecule has 0 aliphatic carbocycles. The molecule has 0 unspecified atom stereocenters. The summed E-state index contributed by atoms with van der Waals surface area (Å²) in [5.41, 5.74) is 6.00. The number of amides is 1. The lowest BCUT2D eigenvalue weighted by Crippen LogP contribution is -2.19. The summed E-state index contributed by atoms with van der Waals surface area (Å²) in [4.78, 5) is 15.4. The first kappa shape index (κ1) is 17.3. The van der Waals surface area contributed by atoms with E-state index in [2.05, 4.69) is 29.3 Å². The lowest BCUT2D eigenvalue weighted by Gasteiger charge is -2.21. The summed E-state index contributed by atoms with van der Waals surface area (Å²) < 4.78 is 0. The van der Waals surface area contributed by atoms with Gasteiger partial charge in [-0.2, -0.15) is 0 Å². The molecule has 1 aliphatic heterocycles. The van der Waals surface area contributed by atoms with Crippen LogP contribution in [0.3, 0.4) is 0 Å². The van der Waals surface area contributed by atoms with Gasteiger partial charge in [0.15, 0.2) is 0 Å². The predicted molar refractivity (Wildman–Crippen MR) is 112 cm³/mol. The summed E-state index contributed by atoms with van der Waals surface area (Å²) in [5, 5.41) is 3.09. The van der Waals surface area contributed by atoms with E-state index in [1.54, 1.807) is 0 Å². The topological polar surface area (TPSA) is 32.3 Å². The molecular formula is C24H24N2O. The molecule has 0 atom stereocenters. The van der Waals surface area contributed by atoms with E-state index in [9.17, 15) is 4.79 Å². The number of rotatable bonds is 4. The van der Waals surface area contributed by atoms with Crippen LogP contribution >= 0.6 is 0 Å². The van der Waals surface area contributed by atoms with Crippen molar-refractivity contribution in [1.29, 1.82) is 0 Å². The Labute approximate surface area is 160 Å². The number of aryl methyl sites for hydroxylation is 1. The lowest BCUT2D eigenvalue weighted by molar-refractivity contribution is 0.102. The third-order valence-electron chi connectivity index (χ3n) is 5.17. The molecule has 3 nitrogen and oxygen atoms in total. The van der Waals surface area contributed by atoms with Gasteiger partial charge >= 0.3 is 0 Å². The second-order valence-electron chi connectivity index (χ2n) is 7.06. The Bertz CT molecular complexity index is 944. The van der Waals surface area contributed by atoms with E-state index in [0.717, 1.165) is 29.9 Å². The predicted octanol–water partition coefficient (Wildman–Crippen LogP) is 5.51. The average molecular weight is 356 g/mol. The summed E-state index contributed by atoms with van der Waals surface area (Å²) in [7, 11) is 0. The standard InChI is InChI=1S/C24H24N2O/c1-18-13-14-20(17-23(18)26-15-7-8-16-26)25-24(27)22-12-6-5-11-21(22)19-9-3-2-4-10-19/h2-6,9-14,17H,7-8,15-16H2,1H3,(H,25,27). The first-order valence-electron chi connectivity index (χ1n) is 9.54. The van der Waals surface area contributed by atoms with Crippen LogP contribution in [0.1, 0.15) is 28.8 Å². The van der Waals surface area contributed by atoms with Crippen LogP contribution in [0.2, 0.25) is 0 Å². The fourth-order valence-corrected chi connectivity index (χ4v) is 3.73. The van der Waals surface area contributed by atoms with Crippen LogP contribution in [0, 0.1) is 6.92 Å². The van der Waals surface area contributed by atoms with E-state index < -0.39 is 0 Å². The Morgan fingerprint density at radius 2 is 1.59 bits per heavy atom. The molecule has 1 aliphatic rings. The van der Waals surface area contributed by atoms with E-state index in [1.165, 1.54) is 24.1 Å². The maximum Gasteiger partial charge on any atom is 0.256 e. The van der Waals surface area contributed by atoms with Crippen LogP contribution in [-0.4, -0.2) is 19.0 Å². The zero-order valence-corrected chi connectivity index (χ0v) is 15.6. The molecule has 1 amide bonds. The van der Waals surface area contributed by atoms with Gasteiger partial charge < -0.3 is 10.2 Å². The minimum absolute atomic E-state index is 0.0781. The van der Waals surface area contributed by atoms with Gasteiger partial charge in [0.25, 0.3) is 5.91 Å². The fourth-order valence-electron chi connectivity index (χ4n) is 3.73. The third kappa shape index (κ3) is 3.72. The van der Waals surface area contributed by atoms with Crippen molar-refractivity contribution < 1.29 is 4.79 Å². The number of carbonyl (C=O) groups is 1. The maximum atomic E-state index is 13.0. The van der Waals surface area contributed by atoms with Gasteiger partial charge in [0, 0.05) is 30.0 Å². The van der Waals surface area contributed by atoms with E-state index in [4.69, 9.17) is 0 Å². The van der Waals surface area contributed by atoms with E-state index in [1.807, 2.05) is 60.7 Å². The Morgan fingerprint density at radius 3 is 2.37 bits per heavy atom. The van der Waals surface area contributed by atoms with Crippen LogP contribution in [0.15, 0.2) is 72.8 Å². The van der Waals surface area contributed by atoms with Crippen molar-refractivity contribution in [2.24, 2.45) is 0 Å². The van der Waals surface area contributed by atoms with Gasteiger partial charge in [-0.15, -0.1) is 0 Å². The lowest BCUT2D eigenvalue weighted by atomic mass is 9.99. The largest absolute Gasteiger partial charge is 0.371 e. The number of hydrogen-bond donors (Lipinski definition) is 1. The molecule has 0 saturated carbocycles. The highest BCUT2D eigenvalue weighted by molar-refractivity contribution is 6.08. The van der Waals surface area contributed by atoms with Crippen molar-refractivity contribution in [3.05, 3.63) is 83.9 Å². The summed E-state index contributed by atoms with van der Waals surface area (Å²) in [6, 6.07) is 24.0. The number of anilines is 2. The highest BCUT2D eigenvalue weighted by Crippen LogP contribution is 2.29. The molecule has 27 heavy (non-hydrogen) atoms. The molecule has 1 fully saturated rings. The van der Waals surface area contributed by atoms with Crippen LogP contribution in [0.25, 0.3) is 11.1 Å². The maximum absolute atomic E-state index is 13.0. The number of nitrogens with one attached hydrogen (secondary N) is 1. The van der Waals surface area contributed by atoms with Crippen LogP contribution < -0.4 is 10.2 Å². The smallest absolute Gasteiger partial charge is 0.256 e. The first-order chi connectivity index (χ1) is 13.2. The molecular weight excluding hydrogens is 332 g/mol. The number of hydrogen-bond acceptors (Lipinski definition) is 2. The highest BCUT2D eigenvalue weighted by atomic mass is 16.1. The molecule has 1 N–H and O–H groups in total. The first-order valence-corrected chi connectivity index (χ1v) is 9.54. The Morgan fingerprint density at radius 1 is 0.889 bits per heavy atom. The zero-order valence-electron chi connectivity index (χ0n) is 15.6. The fraction of sp³-hybridized carbons (Fsp3) is 0.208. The molecule has 3 aromatic rings. The minimum atomic E-state index is -0.0781. The van der Waals surface area contributed by atoms with Gasteiger partial charge in [-0.05, 0) is 54.7 Å². The van der Waals surface area contributed by atoms with Gasteiger partial charge in [-0.3, -0.25) is 4.79 Å². The molecule has 0 radical (unpaired) electrons. The Kier molecular flexibility index (Phi) is 4.93. The van der Waals surface area contributed by atoms with Crippen molar-refractivity contribution in [2.45, 2.75) is 19.8 Å². The molecule has 3 aromatic carbocycles. The van der Waals surface area contributed by atoms with Crippen molar-refractivity contribution in [3.8, 4) is 11.1 Å². The normalized spacial score (nSPS) is 13.6. The molecule has 0 bridgehead atoms. The molecule has 0 spiro atoms. The summed E-state index contributed by atoms with van der Waals surface area (Å²) in [6.45, 7) is 4.31. The average Bonchev–Trinajstić information content (AvgIpc) is 3.25.